The fourth-order valence-corrected chi connectivity index (χ4v) is 1.86. The third kappa shape index (κ3) is 2.97. The highest BCUT2D eigenvalue weighted by molar-refractivity contribution is 6.29. The molecule has 2 heterocycles. The Balaban J connectivity index is 2.02. The van der Waals surface area contributed by atoms with Crippen molar-refractivity contribution in [3.63, 3.8) is 0 Å². The van der Waals surface area contributed by atoms with Gasteiger partial charge in [-0.1, -0.05) is 11.6 Å². The molecule has 0 saturated carbocycles. The van der Waals surface area contributed by atoms with Crippen molar-refractivity contribution in [2.24, 2.45) is 0 Å². The lowest BCUT2D eigenvalue weighted by Crippen LogP contribution is -2.28. The van der Waals surface area contributed by atoms with Crippen LogP contribution in [0.3, 0.4) is 0 Å². The maximum atomic E-state index is 5.81. The van der Waals surface area contributed by atoms with Crippen LogP contribution in [0.5, 0.6) is 0 Å². The highest BCUT2D eigenvalue weighted by Crippen LogP contribution is 2.18. The summed E-state index contributed by atoms with van der Waals surface area (Å²) in [5.41, 5.74) is 6.30. The van der Waals surface area contributed by atoms with Gasteiger partial charge in [-0.25, -0.2) is 4.98 Å². The number of nitrogen functional groups attached to an aromatic ring is 1. The number of halogens is 1. The third-order valence-electron chi connectivity index (χ3n) is 2.39. The topological polar surface area (TPSA) is 60.2 Å². The standard InChI is InChI=1S/C10H14ClN3O/c11-9-5-7(12)6-10(14-9)13-8-1-3-15-4-2-8/h5-6,8H,1-4H2,(H3,12,13,14). The SMILES string of the molecule is Nc1cc(Cl)nc(NC2CCOCC2)c1. The maximum Gasteiger partial charge on any atom is 0.133 e. The van der Waals surface area contributed by atoms with Crippen molar-refractivity contribution in [3.8, 4) is 0 Å². The van der Waals surface area contributed by atoms with Crippen LogP contribution in [0.1, 0.15) is 12.8 Å². The van der Waals surface area contributed by atoms with E-state index in [0.717, 1.165) is 31.9 Å². The molecule has 15 heavy (non-hydrogen) atoms. The van der Waals surface area contributed by atoms with Crippen molar-refractivity contribution in [3.05, 3.63) is 17.3 Å². The predicted molar refractivity (Wildman–Crippen MR) is 61.1 cm³/mol. The summed E-state index contributed by atoms with van der Waals surface area (Å²) in [7, 11) is 0. The molecule has 0 bridgehead atoms. The first kappa shape index (κ1) is 10.5. The molecule has 4 nitrogen and oxygen atoms in total. The zero-order valence-corrected chi connectivity index (χ0v) is 9.13. The van der Waals surface area contributed by atoms with Crippen molar-refractivity contribution in [2.75, 3.05) is 24.3 Å². The zero-order chi connectivity index (χ0) is 10.7. The van der Waals surface area contributed by atoms with Gasteiger partial charge in [-0.3, -0.25) is 0 Å². The molecule has 1 aliphatic heterocycles. The summed E-state index contributed by atoms with van der Waals surface area (Å²) in [6.45, 7) is 1.60. The molecule has 0 unspecified atom stereocenters. The van der Waals surface area contributed by atoms with Gasteiger partial charge in [0.2, 0.25) is 0 Å². The molecule has 0 amide bonds. The normalized spacial score (nSPS) is 17.7. The van der Waals surface area contributed by atoms with Crippen molar-refractivity contribution >= 4 is 23.1 Å². The Labute approximate surface area is 93.8 Å². The molecular weight excluding hydrogens is 214 g/mol. The number of nitrogens with one attached hydrogen (secondary N) is 1. The van der Waals surface area contributed by atoms with Crippen LogP contribution in [0.15, 0.2) is 12.1 Å². The number of pyridine rings is 1. The Bertz CT molecular complexity index is 319. The Morgan fingerprint density at radius 1 is 1.40 bits per heavy atom. The molecular formula is C10H14ClN3O. The van der Waals surface area contributed by atoms with Crippen molar-refractivity contribution in [1.29, 1.82) is 0 Å². The summed E-state index contributed by atoms with van der Waals surface area (Å²) in [5.74, 6) is 0.743. The quantitative estimate of drug-likeness (QED) is 0.758. The lowest BCUT2D eigenvalue weighted by molar-refractivity contribution is 0.0904. The number of hydrogen-bond donors (Lipinski definition) is 2. The van der Waals surface area contributed by atoms with Crippen LogP contribution in [0.2, 0.25) is 5.15 Å². The van der Waals surface area contributed by atoms with Crippen LogP contribution in [-0.4, -0.2) is 24.2 Å². The van der Waals surface area contributed by atoms with Crippen molar-refractivity contribution in [2.45, 2.75) is 18.9 Å². The first-order chi connectivity index (χ1) is 7.24. The monoisotopic (exact) mass is 227 g/mol. The molecule has 0 aliphatic carbocycles. The van der Waals surface area contributed by atoms with E-state index in [1.165, 1.54) is 0 Å². The van der Waals surface area contributed by atoms with Gasteiger partial charge >= 0.3 is 0 Å². The predicted octanol–water partition coefficient (Wildman–Crippen LogP) is 1.91. The van der Waals surface area contributed by atoms with Crippen molar-refractivity contribution in [1.82, 2.24) is 4.98 Å². The average Bonchev–Trinajstić information content (AvgIpc) is 2.17. The number of anilines is 2. The van der Waals surface area contributed by atoms with Gasteiger partial charge in [0.15, 0.2) is 0 Å². The minimum Gasteiger partial charge on any atom is -0.399 e. The molecule has 0 radical (unpaired) electrons. The van der Waals surface area contributed by atoms with E-state index in [1.807, 2.05) is 0 Å². The first-order valence-corrected chi connectivity index (χ1v) is 5.39. The minimum absolute atomic E-state index is 0.407. The number of rotatable bonds is 2. The highest BCUT2D eigenvalue weighted by atomic mass is 35.5. The van der Waals surface area contributed by atoms with Gasteiger partial charge < -0.3 is 15.8 Å². The molecule has 1 aromatic heterocycles. The van der Waals surface area contributed by atoms with E-state index >= 15 is 0 Å². The second kappa shape index (κ2) is 4.68. The zero-order valence-electron chi connectivity index (χ0n) is 8.37. The lowest BCUT2D eigenvalue weighted by atomic mass is 10.1. The van der Waals surface area contributed by atoms with E-state index in [1.54, 1.807) is 12.1 Å². The summed E-state index contributed by atoms with van der Waals surface area (Å²) >= 11 is 5.81. The van der Waals surface area contributed by atoms with E-state index in [2.05, 4.69) is 10.3 Å². The van der Waals surface area contributed by atoms with Gasteiger partial charge in [-0.2, -0.15) is 0 Å². The molecule has 0 spiro atoms. The first-order valence-electron chi connectivity index (χ1n) is 5.01. The summed E-state index contributed by atoms with van der Waals surface area (Å²) in [5, 5.41) is 3.73. The lowest BCUT2D eigenvalue weighted by Gasteiger charge is -2.23. The van der Waals surface area contributed by atoms with E-state index in [0.29, 0.717) is 16.9 Å². The number of nitrogens with two attached hydrogens (primary N) is 1. The fourth-order valence-electron chi connectivity index (χ4n) is 1.64. The molecule has 1 aromatic rings. The summed E-state index contributed by atoms with van der Waals surface area (Å²) in [4.78, 5) is 4.16. The number of nitrogens with zero attached hydrogens (tertiary/aromatic N) is 1. The Hall–Kier alpha value is -1.00. The maximum absolute atomic E-state index is 5.81. The molecule has 82 valence electrons. The summed E-state index contributed by atoms with van der Waals surface area (Å²) in [6, 6.07) is 3.84. The van der Waals surface area contributed by atoms with Crippen molar-refractivity contribution < 1.29 is 4.74 Å². The van der Waals surface area contributed by atoms with Gasteiger partial charge in [-0.05, 0) is 18.9 Å². The highest BCUT2D eigenvalue weighted by Gasteiger charge is 2.13. The van der Waals surface area contributed by atoms with Crippen LogP contribution in [0.25, 0.3) is 0 Å². The van der Waals surface area contributed by atoms with E-state index < -0.39 is 0 Å². The number of aromatic nitrogens is 1. The second-order valence-corrected chi connectivity index (χ2v) is 4.03. The van der Waals surface area contributed by atoms with E-state index in [4.69, 9.17) is 22.1 Å². The van der Waals surface area contributed by atoms with Gasteiger partial charge in [-0.15, -0.1) is 0 Å². The second-order valence-electron chi connectivity index (χ2n) is 3.64. The minimum atomic E-state index is 0.407. The smallest absolute Gasteiger partial charge is 0.133 e. The van der Waals surface area contributed by atoms with Gasteiger partial charge in [0, 0.05) is 31.0 Å². The Morgan fingerprint density at radius 3 is 2.80 bits per heavy atom. The van der Waals surface area contributed by atoms with Crippen LogP contribution >= 0.6 is 11.6 Å². The van der Waals surface area contributed by atoms with Crippen LogP contribution in [-0.2, 0) is 4.74 Å². The molecule has 1 fully saturated rings. The van der Waals surface area contributed by atoms with Crippen LogP contribution in [0, 0.1) is 0 Å². The van der Waals surface area contributed by atoms with Crippen LogP contribution < -0.4 is 11.1 Å². The number of ether oxygens (including phenoxy) is 1. The van der Waals surface area contributed by atoms with E-state index in [-0.39, 0.29) is 0 Å². The van der Waals surface area contributed by atoms with Gasteiger partial charge in [0.05, 0.1) is 0 Å². The molecule has 0 atom stereocenters. The molecule has 0 aromatic carbocycles. The largest absolute Gasteiger partial charge is 0.399 e. The third-order valence-corrected chi connectivity index (χ3v) is 2.58. The fraction of sp³-hybridized carbons (Fsp3) is 0.500. The molecule has 3 N–H and O–H groups in total. The molecule has 1 aliphatic rings. The average molecular weight is 228 g/mol. The van der Waals surface area contributed by atoms with E-state index in [9.17, 15) is 0 Å². The summed E-state index contributed by atoms with van der Waals surface area (Å²) < 4.78 is 5.27. The molecule has 1 saturated heterocycles. The number of hydrogen-bond acceptors (Lipinski definition) is 4. The Kier molecular flexibility index (Phi) is 3.28. The van der Waals surface area contributed by atoms with Gasteiger partial charge in [0.25, 0.3) is 0 Å². The van der Waals surface area contributed by atoms with Gasteiger partial charge in [0.1, 0.15) is 11.0 Å². The Morgan fingerprint density at radius 2 is 2.13 bits per heavy atom. The molecule has 5 heteroatoms. The van der Waals surface area contributed by atoms with Crippen LogP contribution in [0.4, 0.5) is 11.5 Å². The summed E-state index contributed by atoms with van der Waals surface area (Å²) in [6.07, 6.45) is 1.99. The molecule has 2 rings (SSSR count).